The van der Waals surface area contributed by atoms with Gasteiger partial charge in [0.05, 0.1) is 12.2 Å². The van der Waals surface area contributed by atoms with Crippen molar-refractivity contribution in [1.29, 1.82) is 0 Å². The van der Waals surface area contributed by atoms with E-state index in [1.54, 1.807) is 0 Å². The van der Waals surface area contributed by atoms with Crippen LogP contribution in [0.5, 0.6) is 0 Å². The molecule has 8 nitrogen and oxygen atoms in total. The van der Waals surface area contributed by atoms with E-state index in [1.807, 2.05) is 0 Å². The predicted octanol–water partition coefficient (Wildman–Crippen LogP) is 5.45. The lowest BCUT2D eigenvalue weighted by Crippen LogP contribution is -2.08. The summed E-state index contributed by atoms with van der Waals surface area (Å²) >= 11 is 0. The van der Waals surface area contributed by atoms with E-state index in [4.69, 9.17) is 10.1 Å². The molecular formula is C26H36N8. The van der Waals surface area contributed by atoms with E-state index in [0.717, 1.165) is 55.3 Å². The van der Waals surface area contributed by atoms with E-state index in [1.165, 1.54) is 16.8 Å². The molecule has 3 heterocycles. The van der Waals surface area contributed by atoms with Crippen LogP contribution in [0.25, 0.3) is 17.2 Å². The maximum absolute atomic E-state index is 4.78. The maximum atomic E-state index is 4.78. The van der Waals surface area contributed by atoms with Crippen LogP contribution in [0.1, 0.15) is 94.7 Å². The summed E-state index contributed by atoms with van der Waals surface area (Å²) in [6.45, 7) is 13.9. The van der Waals surface area contributed by atoms with Crippen molar-refractivity contribution >= 4 is 0 Å². The van der Waals surface area contributed by atoms with Gasteiger partial charge in [-0.25, -0.2) is 14.8 Å². The largest absolute Gasteiger partial charge is 0.310 e. The van der Waals surface area contributed by atoms with Gasteiger partial charge in [0.25, 0.3) is 0 Å². The number of tetrazole rings is 1. The van der Waals surface area contributed by atoms with Crippen molar-refractivity contribution < 1.29 is 0 Å². The van der Waals surface area contributed by atoms with Crippen molar-refractivity contribution in [2.45, 2.75) is 85.6 Å². The summed E-state index contributed by atoms with van der Waals surface area (Å²) in [5, 5.41) is 19.7. The highest BCUT2D eigenvalue weighted by atomic mass is 15.5. The second-order valence-electron chi connectivity index (χ2n) is 9.54. The lowest BCUT2D eigenvalue weighted by molar-refractivity contribution is 0.623. The van der Waals surface area contributed by atoms with E-state index < -0.39 is 0 Å². The Morgan fingerprint density at radius 2 is 1.68 bits per heavy atom. The molecule has 4 rings (SSSR count). The molecule has 0 saturated carbocycles. The number of nitrogens with one attached hydrogen (secondary N) is 1. The lowest BCUT2D eigenvalue weighted by Gasteiger charge is -2.16. The van der Waals surface area contributed by atoms with Crippen molar-refractivity contribution in [3.63, 3.8) is 0 Å². The molecule has 0 radical (unpaired) electrons. The highest BCUT2D eigenvalue weighted by Crippen LogP contribution is 2.36. The molecule has 0 saturated heterocycles. The van der Waals surface area contributed by atoms with Gasteiger partial charge in [-0.15, -0.1) is 5.10 Å². The Bertz CT molecular complexity index is 1200. The highest BCUT2D eigenvalue weighted by Gasteiger charge is 2.23. The molecule has 0 aliphatic heterocycles. The van der Waals surface area contributed by atoms with Crippen LogP contribution in [0.4, 0.5) is 0 Å². The van der Waals surface area contributed by atoms with Gasteiger partial charge in [-0.1, -0.05) is 53.7 Å². The number of nitrogens with zero attached hydrogens (tertiary/aromatic N) is 7. The first-order chi connectivity index (χ1) is 16.4. The standard InChI is InChI=1S/C26H36N8/c1-7-9-23-27-24(10-8-2)33(30-23)16-19-11-13-20(14-12-19)34-22(18(5)6)15-21(17(3)4)25(34)26-28-31-32-29-26/h11-15,17-18H,7-10,16H2,1-6H3,(H,28,29,31,32). The molecule has 4 aromatic rings. The predicted molar refractivity (Wildman–Crippen MR) is 134 cm³/mol. The van der Waals surface area contributed by atoms with Gasteiger partial charge in [-0.3, -0.25) is 0 Å². The molecule has 0 unspecified atom stereocenters. The molecule has 0 atom stereocenters. The number of aryl methyl sites for hydroxylation is 2. The fourth-order valence-electron chi connectivity index (χ4n) is 4.41. The third-order valence-electron chi connectivity index (χ3n) is 6.11. The summed E-state index contributed by atoms with van der Waals surface area (Å²) in [4.78, 5) is 4.77. The van der Waals surface area contributed by atoms with Gasteiger partial charge in [0.2, 0.25) is 0 Å². The number of hydrogen-bond donors (Lipinski definition) is 1. The summed E-state index contributed by atoms with van der Waals surface area (Å²) in [5.74, 6) is 3.41. The van der Waals surface area contributed by atoms with Crippen LogP contribution in [-0.4, -0.2) is 40.0 Å². The van der Waals surface area contributed by atoms with E-state index in [0.29, 0.717) is 17.7 Å². The third kappa shape index (κ3) is 4.81. The first-order valence-electron chi connectivity index (χ1n) is 12.4. The number of benzene rings is 1. The van der Waals surface area contributed by atoms with Gasteiger partial charge < -0.3 is 4.57 Å². The second-order valence-corrected chi connectivity index (χ2v) is 9.54. The zero-order valence-corrected chi connectivity index (χ0v) is 21.2. The molecule has 180 valence electrons. The van der Waals surface area contributed by atoms with Gasteiger partial charge in [0, 0.05) is 24.2 Å². The smallest absolute Gasteiger partial charge is 0.196 e. The third-order valence-corrected chi connectivity index (χ3v) is 6.11. The zero-order chi connectivity index (χ0) is 24.2. The average molecular weight is 461 g/mol. The first kappa shape index (κ1) is 23.9. The molecule has 34 heavy (non-hydrogen) atoms. The van der Waals surface area contributed by atoms with Crippen LogP contribution in [0.2, 0.25) is 0 Å². The molecule has 0 aliphatic carbocycles. The Balaban J connectivity index is 1.71. The Morgan fingerprint density at radius 1 is 0.941 bits per heavy atom. The van der Waals surface area contributed by atoms with Gasteiger partial charge in [0.15, 0.2) is 11.6 Å². The Hall–Kier alpha value is -3.29. The molecule has 0 spiro atoms. The molecular weight excluding hydrogens is 424 g/mol. The van der Waals surface area contributed by atoms with Crippen LogP contribution in [0, 0.1) is 0 Å². The summed E-state index contributed by atoms with van der Waals surface area (Å²) in [6, 6.07) is 11.0. The van der Waals surface area contributed by atoms with Gasteiger partial charge in [-0.2, -0.15) is 5.10 Å². The van der Waals surface area contributed by atoms with Gasteiger partial charge >= 0.3 is 0 Å². The Morgan fingerprint density at radius 3 is 2.26 bits per heavy atom. The maximum Gasteiger partial charge on any atom is 0.196 e. The van der Waals surface area contributed by atoms with Crippen LogP contribution in [0.3, 0.4) is 0 Å². The van der Waals surface area contributed by atoms with Gasteiger partial charge in [-0.05, 0) is 64.4 Å². The van der Waals surface area contributed by atoms with Crippen LogP contribution < -0.4 is 0 Å². The van der Waals surface area contributed by atoms with E-state index >= 15 is 0 Å². The van der Waals surface area contributed by atoms with Crippen molar-refractivity contribution in [1.82, 2.24) is 40.0 Å². The SMILES string of the molecule is CCCc1nc(CCC)n(Cc2ccc(-n3c(C(C)C)cc(C(C)C)c3-c3nnn[nH]3)cc2)n1. The summed E-state index contributed by atoms with van der Waals surface area (Å²) in [6.07, 6.45) is 3.99. The van der Waals surface area contributed by atoms with E-state index in [-0.39, 0.29) is 0 Å². The molecule has 1 N–H and O–H groups in total. The summed E-state index contributed by atoms with van der Waals surface area (Å²) in [5.41, 5.74) is 5.82. The summed E-state index contributed by atoms with van der Waals surface area (Å²) < 4.78 is 4.37. The van der Waals surface area contributed by atoms with Gasteiger partial charge in [0.1, 0.15) is 5.82 Å². The van der Waals surface area contributed by atoms with Crippen LogP contribution >= 0.6 is 0 Å². The quantitative estimate of drug-likeness (QED) is 0.340. The number of hydrogen-bond acceptors (Lipinski definition) is 5. The minimum atomic E-state index is 0.347. The molecule has 0 aliphatic rings. The van der Waals surface area contributed by atoms with Crippen LogP contribution in [-0.2, 0) is 19.4 Å². The Kier molecular flexibility index (Phi) is 7.24. The molecule has 0 amide bonds. The van der Waals surface area contributed by atoms with E-state index in [2.05, 4.69) is 102 Å². The highest BCUT2D eigenvalue weighted by molar-refractivity contribution is 5.63. The fourth-order valence-corrected chi connectivity index (χ4v) is 4.41. The molecule has 3 aromatic heterocycles. The zero-order valence-electron chi connectivity index (χ0n) is 21.2. The van der Waals surface area contributed by atoms with E-state index in [9.17, 15) is 0 Å². The van der Waals surface area contributed by atoms with Crippen LogP contribution in [0.15, 0.2) is 30.3 Å². The van der Waals surface area contributed by atoms with Crippen molar-refractivity contribution in [2.24, 2.45) is 0 Å². The first-order valence-corrected chi connectivity index (χ1v) is 12.4. The Labute approximate surface area is 201 Å². The average Bonchev–Trinajstić information content (AvgIpc) is 3.53. The van der Waals surface area contributed by atoms with Crippen molar-refractivity contribution in [2.75, 3.05) is 0 Å². The lowest BCUT2D eigenvalue weighted by atomic mass is 10.0. The summed E-state index contributed by atoms with van der Waals surface area (Å²) in [7, 11) is 0. The minimum absolute atomic E-state index is 0.347. The number of H-pyrrole nitrogens is 1. The number of aromatic nitrogens is 8. The second kappa shape index (κ2) is 10.3. The number of aromatic amines is 1. The molecule has 8 heteroatoms. The van der Waals surface area contributed by atoms with Crippen molar-refractivity contribution in [3.8, 4) is 17.2 Å². The fraction of sp³-hybridized carbons (Fsp3) is 0.500. The molecule has 0 bridgehead atoms. The molecule has 0 fully saturated rings. The topological polar surface area (TPSA) is 90.1 Å². The number of rotatable bonds is 10. The monoisotopic (exact) mass is 460 g/mol. The molecule has 1 aromatic carbocycles. The minimum Gasteiger partial charge on any atom is -0.310 e. The normalized spacial score (nSPS) is 11.8. The van der Waals surface area contributed by atoms with Crippen molar-refractivity contribution in [3.05, 3.63) is 58.8 Å².